The molecule has 2 heterocycles. The van der Waals surface area contributed by atoms with E-state index in [0.29, 0.717) is 46.2 Å². The lowest BCUT2D eigenvalue weighted by Crippen LogP contribution is -2.61. The van der Waals surface area contributed by atoms with Crippen molar-refractivity contribution in [1.82, 2.24) is 0 Å². The summed E-state index contributed by atoms with van der Waals surface area (Å²) in [6, 6.07) is 50.4. The maximum absolute atomic E-state index is 6.83. The zero-order chi connectivity index (χ0) is 36.6. The molecule has 0 amide bonds. The number of rotatable bonds is 19. The van der Waals surface area contributed by atoms with Gasteiger partial charge in [-0.15, -0.1) is 0 Å². The minimum atomic E-state index is -0.790. The normalized spacial score (nSPS) is 22.6. The predicted molar refractivity (Wildman–Crippen MR) is 205 cm³/mol. The molecule has 8 nitrogen and oxygen atoms in total. The second-order valence-corrected chi connectivity index (χ2v) is 13.4. The Bertz CT molecular complexity index is 1810. The summed E-state index contributed by atoms with van der Waals surface area (Å²) in [4.78, 5) is 0. The first-order valence-electron chi connectivity index (χ1n) is 18.6. The number of hydrogen-bond acceptors (Lipinski definition) is 8. The van der Waals surface area contributed by atoms with E-state index in [1.165, 1.54) is 0 Å². The maximum atomic E-state index is 6.83. The summed E-state index contributed by atoms with van der Waals surface area (Å²) >= 11 is 0. The van der Waals surface area contributed by atoms with Crippen LogP contribution in [0.25, 0.3) is 0 Å². The first-order chi connectivity index (χ1) is 26.8. The SMILES string of the molecule is C1=C(COCc2ccccc2)CO[C@@H]1OC[C@H]1O[C@@H](OCc2ccccc2)[C@H](OCc2ccccc2)[C@@H](OCc2ccccc2)[C@@H]1OCc1ccccc1. The third kappa shape index (κ3) is 11.3. The van der Waals surface area contributed by atoms with Crippen LogP contribution in [0.2, 0.25) is 0 Å². The highest BCUT2D eigenvalue weighted by molar-refractivity contribution is 5.17. The molecule has 1 saturated heterocycles. The van der Waals surface area contributed by atoms with Gasteiger partial charge in [-0.2, -0.15) is 0 Å². The van der Waals surface area contributed by atoms with Gasteiger partial charge in [-0.25, -0.2) is 0 Å². The summed E-state index contributed by atoms with van der Waals surface area (Å²) in [6.07, 6.45) is -1.74. The molecule has 6 atom stereocenters. The number of hydrogen-bond donors (Lipinski definition) is 0. The largest absolute Gasteiger partial charge is 0.372 e. The molecule has 8 heteroatoms. The molecule has 54 heavy (non-hydrogen) atoms. The van der Waals surface area contributed by atoms with Gasteiger partial charge in [0, 0.05) is 0 Å². The van der Waals surface area contributed by atoms with Crippen LogP contribution < -0.4 is 0 Å². The van der Waals surface area contributed by atoms with E-state index >= 15 is 0 Å². The Morgan fingerprint density at radius 1 is 0.426 bits per heavy atom. The van der Waals surface area contributed by atoms with Crippen molar-refractivity contribution in [1.29, 1.82) is 0 Å². The highest BCUT2D eigenvalue weighted by Gasteiger charge is 2.49. The minimum Gasteiger partial charge on any atom is -0.372 e. The van der Waals surface area contributed by atoms with Crippen LogP contribution in [0.4, 0.5) is 0 Å². The van der Waals surface area contributed by atoms with Crippen LogP contribution in [0.5, 0.6) is 0 Å². The van der Waals surface area contributed by atoms with Gasteiger partial charge in [-0.05, 0) is 39.5 Å². The van der Waals surface area contributed by atoms with Crippen molar-refractivity contribution in [2.24, 2.45) is 0 Å². The van der Waals surface area contributed by atoms with E-state index < -0.39 is 37.0 Å². The Kier molecular flexibility index (Phi) is 14.2. The van der Waals surface area contributed by atoms with Crippen LogP contribution >= 0.6 is 0 Å². The molecular weight excluding hydrogens is 680 g/mol. The summed E-state index contributed by atoms with van der Waals surface area (Å²) in [7, 11) is 0. The van der Waals surface area contributed by atoms with Crippen LogP contribution in [-0.4, -0.2) is 56.8 Å². The molecule has 0 saturated carbocycles. The fraction of sp³-hybridized carbons (Fsp3) is 0.304. The first kappa shape index (κ1) is 37.8. The van der Waals surface area contributed by atoms with Gasteiger partial charge in [-0.3, -0.25) is 0 Å². The molecule has 0 aromatic heterocycles. The van der Waals surface area contributed by atoms with Gasteiger partial charge in [0.2, 0.25) is 0 Å². The van der Waals surface area contributed by atoms with Crippen LogP contribution in [0, 0.1) is 0 Å². The lowest BCUT2D eigenvalue weighted by molar-refractivity contribution is -0.333. The van der Waals surface area contributed by atoms with Crippen molar-refractivity contribution in [2.45, 2.75) is 70.0 Å². The van der Waals surface area contributed by atoms with E-state index in [1.54, 1.807) is 0 Å². The fourth-order valence-corrected chi connectivity index (χ4v) is 6.49. The van der Waals surface area contributed by atoms with Gasteiger partial charge in [0.15, 0.2) is 12.6 Å². The summed E-state index contributed by atoms with van der Waals surface area (Å²) < 4.78 is 52.1. The average Bonchev–Trinajstić information content (AvgIpc) is 3.69. The standard InChI is InChI=1S/C46H48O8/c1-6-16-35(17-7-1)27-47-28-40-26-42(48-33-40)49-34-41-43(50-29-36-18-8-2-9-19-36)44(51-30-37-20-10-3-11-21-37)45(52-31-38-22-12-4-13-23-38)46(54-41)53-32-39-24-14-5-15-25-39/h1-26,41-46H,27-34H2/t41-,42-,43-,44+,45-,46-/m1/s1. The fourth-order valence-electron chi connectivity index (χ4n) is 6.49. The molecule has 0 radical (unpaired) electrons. The second-order valence-electron chi connectivity index (χ2n) is 13.4. The van der Waals surface area contributed by atoms with E-state index in [2.05, 4.69) is 12.1 Å². The highest BCUT2D eigenvalue weighted by atomic mass is 16.7. The molecular formula is C46H48O8. The Morgan fingerprint density at radius 2 is 0.852 bits per heavy atom. The van der Waals surface area contributed by atoms with Crippen LogP contribution in [0.3, 0.4) is 0 Å². The monoisotopic (exact) mass is 728 g/mol. The van der Waals surface area contributed by atoms with E-state index in [4.69, 9.17) is 37.9 Å². The third-order valence-corrected chi connectivity index (χ3v) is 9.33. The maximum Gasteiger partial charge on any atom is 0.187 e. The van der Waals surface area contributed by atoms with Gasteiger partial charge < -0.3 is 37.9 Å². The topological polar surface area (TPSA) is 73.8 Å². The molecule has 5 aromatic carbocycles. The van der Waals surface area contributed by atoms with Gasteiger partial charge >= 0.3 is 0 Å². The van der Waals surface area contributed by atoms with Crippen LogP contribution in [0.15, 0.2) is 163 Å². The van der Waals surface area contributed by atoms with Gasteiger partial charge in [0.25, 0.3) is 0 Å². The smallest absolute Gasteiger partial charge is 0.187 e. The molecule has 0 bridgehead atoms. The Morgan fingerprint density at radius 3 is 1.35 bits per heavy atom. The molecule has 1 fully saturated rings. The zero-order valence-electron chi connectivity index (χ0n) is 30.4. The minimum absolute atomic E-state index is 0.167. The average molecular weight is 729 g/mol. The molecule has 2 aliphatic heterocycles. The molecule has 0 N–H and O–H groups in total. The van der Waals surface area contributed by atoms with E-state index in [1.807, 2.05) is 146 Å². The van der Waals surface area contributed by atoms with Gasteiger partial charge in [0.1, 0.15) is 24.4 Å². The second kappa shape index (κ2) is 20.3. The third-order valence-electron chi connectivity index (χ3n) is 9.33. The Balaban J connectivity index is 1.12. The summed E-state index contributed by atoms with van der Waals surface area (Å²) in [6.45, 7) is 2.95. The summed E-state index contributed by atoms with van der Waals surface area (Å²) in [5.74, 6) is 0. The van der Waals surface area contributed by atoms with Crippen molar-refractivity contribution in [3.63, 3.8) is 0 Å². The summed E-state index contributed by atoms with van der Waals surface area (Å²) in [5.41, 5.74) is 6.27. The molecule has 7 rings (SSSR count). The lowest BCUT2D eigenvalue weighted by atomic mass is 9.97. The van der Waals surface area contributed by atoms with Crippen molar-refractivity contribution >= 4 is 0 Å². The number of benzene rings is 5. The van der Waals surface area contributed by atoms with Crippen molar-refractivity contribution < 1.29 is 37.9 Å². The van der Waals surface area contributed by atoms with Gasteiger partial charge in [0.05, 0.1) is 52.9 Å². The van der Waals surface area contributed by atoms with E-state index in [-0.39, 0.29) is 6.61 Å². The van der Waals surface area contributed by atoms with Crippen molar-refractivity contribution in [2.75, 3.05) is 19.8 Å². The first-order valence-corrected chi connectivity index (χ1v) is 18.6. The molecule has 2 aliphatic rings. The van der Waals surface area contributed by atoms with Crippen molar-refractivity contribution in [3.8, 4) is 0 Å². The van der Waals surface area contributed by atoms with E-state index in [9.17, 15) is 0 Å². The quantitative estimate of drug-likeness (QED) is 0.0789. The van der Waals surface area contributed by atoms with Crippen LogP contribution in [0.1, 0.15) is 27.8 Å². The van der Waals surface area contributed by atoms with Gasteiger partial charge in [-0.1, -0.05) is 152 Å². The molecule has 0 spiro atoms. The van der Waals surface area contributed by atoms with Crippen molar-refractivity contribution in [3.05, 3.63) is 191 Å². The Labute approximate surface area is 318 Å². The molecule has 280 valence electrons. The molecule has 0 aliphatic carbocycles. The molecule has 5 aromatic rings. The van der Waals surface area contributed by atoms with Crippen LogP contribution in [-0.2, 0) is 70.9 Å². The highest BCUT2D eigenvalue weighted by Crippen LogP contribution is 2.32. The molecule has 0 unspecified atom stereocenters. The van der Waals surface area contributed by atoms with E-state index in [0.717, 1.165) is 33.4 Å². The lowest BCUT2D eigenvalue weighted by Gasteiger charge is -2.46. The summed E-state index contributed by atoms with van der Waals surface area (Å²) in [5, 5.41) is 0. The Hall–Kier alpha value is -4.48. The predicted octanol–water partition coefficient (Wildman–Crippen LogP) is 8.20. The zero-order valence-corrected chi connectivity index (χ0v) is 30.4. The number of ether oxygens (including phenoxy) is 8.